The molecule has 0 aromatic rings. The van der Waals surface area contributed by atoms with Crippen molar-refractivity contribution in [3.63, 3.8) is 0 Å². The summed E-state index contributed by atoms with van der Waals surface area (Å²) < 4.78 is 0. The van der Waals surface area contributed by atoms with Gasteiger partial charge >= 0.3 is 6.09 Å². The third kappa shape index (κ3) is 2.47. The quantitative estimate of drug-likeness (QED) is 0.402. The number of nitrogens with zero attached hydrogens (tertiary/aromatic N) is 2. The summed E-state index contributed by atoms with van der Waals surface area (Å²) in [5, 5.41) is 17.3. The summed E-state index contributed by atoms with van der Waals surface area (Å²) in [5.74, 6) is 0. The van der Waals surface area contributed by atoms with Gasteiger partial charge in [0.05, 0.1) is 6.04 Å². The van der Waals surface area contributed by atoms with Gasteiger partial charge < -0.3 is 11.3 Å². The molecule has 0 saturated heterocycles. The Labute approximate surface area is 83.2 Å². The number of amides is 1. The van der Waals surface area contributed by atoms with Crippen LogP contribution in [0.3, 0.4) is 0 Å². The second-order valence-corrected chi connectivity index (χ2v) is 3.10. The highest BCUT2D eigenvalue weighted by molar-refractivity contribution is 5.68. The first-order valence-electron chi connectivity index (χ1n) is 4.27. The molecule has 0 radical (unpaired) electrons. The molecule has 0 aliphatic heterocycles. The second-order valence-electron chi connectivity index (χ2n) is 3.10. The Morgan fingerprint density at radius 2 is 2.43 bits per heavy atom. The number of rotatable bonds is 2. The van der Waals surface area contributed by atoms with Gasteiger partial charge in [0.15, 0.2) is 6.19 Å². The highest BCUT2D eigenvalue weighted by atomic mass is 16.4. The predicted molar refractivity (Wildman–Crippen MR) is 51.9 cm³/mol. The first-order chi connectivity index (χ1) is 6.16. The Balaban J connectivity index is 0.00000169. The molecule has 1 amide bonds. The molecule has 0 fully saturated rings. The SMILES string of the molecule is CC(C1=CCCC1)N(C#N)C(=O)O.N. The number of hydrogen-bond donors (Lipinski definition) is 2. The van der Waals surface area contributed by atoms with Crippen LogP contribution < -0.4 is 6.15 Å². The minimum absolute atomic E-state index is 0. The van der Waals surface area contributed by atoms with Crippen LogP contribution in [0.25, 0.3) is 0 Å². The zero-order valence-corrected chi connectivity index (χ0v) is 8.23. The smallest absolute Gasteiger partial charge is 0.421 e. The number of carboxylic acid groups (broad SMARTS) is 1. The molecule has 1 atom stereocenters. The summed E-state index contributed by atoms with van der Waals surface area (Å²) in [5.41, 5.74) is 1.06. The van der Waals surface area contributed by atoms with Gasteiger partial charge in [-0.15, -0.1) is 0 Å². The highest BCUT2D eigenvalue weighted by Gasteiger charge is 2.23. The van der Waals surface area contributed by atoms with Crippen molar-refractivity contribution < 1.29 is 9.90 Å². The van der Waals surface area contributed by atoms with Crippen molar-refractivity contribution in [3.05, 3.63) is 11.6 Å². The third-order valence-electron chi connectivity index (χ3n) is 2.31. The molecule has 0 aromatic carbocycles. The average Bonchev–Trinajstić information content (AvgIpc) is 2.56. The standard InChI is InChI=1S/C9H12N2O2.H3N/c1-7(8-4-2-3-5-8)11(6-10)9(12)13;/h4,7H,2-3,5H2,1H3,(H,12,13);1H3. The molecule has 0 heterocycles. The van der Waals surface area contributed by atoms with Gasteiger partial charge in [0.1, 0.15) is 0 Å². The van der Waals surface area contributed by atoms with Crippen LogP contribution in [-0.2, 0) is 0 Å². The van der Waals surface area contributed by atoms with Crippen molar-refractivity contribution in [1.82, 2.24) is 11.1 Å². The number of allylic oxidation sites excluding steroid dienone is 1. The molecule has 0 spiro atoms. The summed E-state index contributed by atoms with van der Waals surface area (Å²) in [6.45, 7) is 1.74. The number of nitriles is 1. The molecular weight excluding hydrogens is 182 g/mol. The summed E-state index contributed by atoms with van der Waals surface area (Å²) >= 11 is 0. The predicted octanol–water partition coefficient (Wildman–Crippen LogP) is 2.11. The van der Waals surface area contributed by atoms with Crippen LogP contribution in [0.2, 0.25) is 0 Å². The topological polar surface area (TPSA) is 99.3 Å². The molecule has 78 valence electrons. The molecule has 0 aromatic heterocycles. The van der Waals surface area contributed by atoms with Gasteiger partial charge in [-0.25, -0.2) is 9.69 Å². The first-order valence-corrected chi connectivity index (χ1v) is 4.27. The van der Waals surface area contributed by atoms with Crippen molar-refractivity contribution >= 4 is 6.09 Å². The maximum atomic E-state index is 10.6. The van der Waals surface area contributed by atoms with Gasteiger partial charge in [-0.2, -0.15) is 5.26 Å². The molecule has 0 saturated carbocycles. The Morgan fingerprint density at radius 3 is 2.79 bits per heavy atom. The van der Waals surface area contributed by atoms with Gasteiger partial charge in [-0.05, 0) is 26.2 Å². The summed E-state index contributed by atoms with van der Waals surface area (Å²) in [6.07, 6.45) is 5.49. The van der Waals surface area contributed by atoms with Crippen molar-refractivity contribution in [2.24, 2.45) is 0 Å². The van der Waals surface area contributed by atoms with Gasteiger partial charge in [0, 0.05) is 0 Å². The lowest BCUT2D eigenvalue weighted by atomic mass is 10.1. The fraction of sp³-hybridized carbons (Fsp3) is 0.556. The highest BCUT2D eigenvalue weighted by Crippen LogP contribution is 2.23. The lowest BCUT2D eigenvalue weighted by Gasteiger charge is -2.19. The molecule has 1 aliphatic rings. The van der Waals surface area contributed by atoms with Crippen LogP contribution in [0.4, 0.5) is 4.79 Å². The van der Waals surface area contributed by atoms with Crippen molar-refractivity contribution in [1.29, 1.82) is 5.26 Å². The molecule has 14 heavy (non-hydrogen) atoms. The van der Waals surface area contributed by atoms with E-state index in [1.54, 1.807) is 13.1 Å². The zero-order valence-electron chi connectivity index (χ0n) is 8.23. The Morgan fingerprint density at radius 1 is 1.79 bits per heavy atom. The first kappa shape index (κ1) is 12.5. The van der Waals surface area contributed by atoms with Crippen LogP contribution in [0.5, 0.6) is 0 Å². The fourth-order valence-electron chi connectivity index (χ4n) is 1.54. The van der Waals surface area contributed by atoms with E-state index in [1.165, 1.54) is 0 Å². The molecule has 0 bridgehead atoms. The van der Waals surface area contributed by atoms with E-state index in [4.69, 9.17) is 10.4 Å². The van der Waals surface area contributed by atoms with Crippen molar-refractivity contribution in [2.75, 3.05) is 0 Å². The van der Waals surface area contributed by atoms with E-state index in [1.807, 2.05) is 6.08 Å². The van der Waals surface area contributed by atoms with E-state index in [9.17, 15) is 4.79 Å². The van der Waals surface area contributed by atoms with E-state index < -0.39 is 6.09 Å². The van der Waals surface area contributed by atoms with Crippen molar-refractivity contribution in [3.8, 4) is 6.19 Å². The Hall–Kier alpha value is -1.54. The monoisotopic (exact) mass is 197 g/mol. The minimum Gasteiger partial charge on any atom is -0.464 e. The maximum absolute atomic E-state index is 10.6. The van der Waals surface area contributed by atoms with Crippen molar-refractivity contribution in [2.45, 2.75) is 32.2 Å². The summed E-state index contributed by atoms with van der Waals surface area (Å²) in [7, 11) is 0. The van der Waals surface area contributed by atoms with Gasteiger partial charge in [-0.1, -0.05) is 11.6 Å². The largest absolute Gasteiger partial charge is 0.464 e. The van der Waals surface area contributed by atoms with Gasteiger partial charge in [-0.3, -0.25) is 0 Å². The lowest BCUT2D eigenvalue weighted by Crippen LogP contribution is -2.34. The van der Waals surface area contributed by atoms with Gasteiger partial charge in [0.2, 0.25) is 0 Å². The van der Waals surface area contributed by atoms with E-state index in [-0.39, 0.29) is 12.2 Å². The van der Waals surface area contributed by atoms with Crippen LogP contribution >= 0.6 is 0 Å². The third-order valence-corrected chi connectivity index (χ3v) is 2.31. The molecule has 1 unspecified atom stereocenters. The average molecular weight is 197 g/mol. The molecule has 1 aliphatic carbocycles. The molecule has 5 heteroatoms. The second kappa shape index (κ2) is 5.25. The van der Waals surface area contributed by atoms with Crippen LogP contribution in [0.15, 0.2) is 11.6 Å². The Bertz CT molecular complexity index is 280. The molecular formula is C9H15N3O2. The lowest BCUT2D eigenvalue weighted by molar-refractivity contribution is 0.158. The van der Waals surface area contributed by atoms with Gasteiger partial charge in [0.25, 0.3) is 0 Å². The summed E-state index contributed by atoms with van der Waals surface area (Å²) in [4.78, 5) is 11.4. The van der Waals surface area contributed by atoms with Crippen LogP contribution in [-0.4, -0.2) is 22.1 Å². The van der Waals surface area contributed by atoms with Crippen LogP contribution in [0, 0.1) is 11.5 Å². The zero-order chi connectivity index (χ0) is 9.84. The maximum Gasteiger partial charge on any atom is 0.421 e. The van der Waals surface area contributed by atoms with E-state index in [0.717, 1.165) is 29.7 Å². The fourth-order valence-corrected chi connectivity index (χ4v) is 1.54. The normalized spacial score (nSPS) is 16.1. The molecule has 5 nitrogen and oxygen atoms in total. The molecule has 1 rings (SSSR count). The number of carbonyl (C=O) groups is 1. The Kier molecular flexibility index (Phi) is 4.67. The van der Waals surface area contributed by atoms with E-state index >= 15 is 0 Å². The van der Waals surface area contributed by atoms with E-state index in [2.05, 4.69) is 0 Å². The number of hydrogen-bond acceptors (Lipinski definition) is 3. The van der Waals surface area contributed by atoms with E-state index in [0.29, 0.717) is 0 Å². The minimum atomic E-state index is -1.18. The molecule has 4 N–H and O–H groups in total. The van der Waals surface area contributed by atoms with Crippen LogP contribution in [0.1, 0.15) is 26.2 Å². The summed E-state index contributed by atoms with van der Waals surface area (Å²) in [6, 6.07) is -0.301.